The number of benzene rings is 2. The zero-order chi connectivity index (χ0) is 20.1. The van der Waals surface area contributed by atoms with Gasteiger partial charge in [-0.05, 0) is 61.2 Å². The first kappa shape index (κ1) is 20.3. The Hall–Kier alpha value is -2.40. The van der Waals surface area contributed by atoms with Crippen LogP contribution in [0.1, 0.15) is 34.3 Å². The smallest absolute Gasteiger partial charge is 0.253 e. The third-order valence-electron chi connectivity index (χ3n) is 5.08. The molecule has 0 spiro atoms. The molecule has 1 aliphatic rings. The molecule has 0 bridgehead atoms. The Bertz CT molecular complexity index is 854. The average molecular weight is 403 g/mol. The summed E-state index contributed by atoms with van der Waals surface area (Å²) in [5.74, 6) is -0.380. The van der Waals surface area contributed by atoms with Crippen LogP contribution in [0.25, 0.3) is 0 Å². The highest BCUT2D eigenvalue weighted by Gasteiger charge is 2.22. The van der Waals surface area contributed by atoms with Gasteiger partial charge in [0.2, 0.25) is 5.91 Å². The lowest BCUT2D eigenvalue weighted by Gasteiger charge is -2.22. The third-order valence-corrected chi connectivity index (χ3v) is 5.50. The first-order valence-electron chi connectivity index (χ1n) is 9.51. The van der Waals surface area contributed by atoms with Crippen molar-refractivity contribution in [2.45, 2.75) is 26.2 Å². The fourth-order valence-electron chi connectivity index (χ4n) is 3.42. The maximum absolute atomic E-state index is 13.1. The fourth-order valence-corrected chi connectivity index (χ4v) is 3.53. The SMILES string of the molecule is Cc1cc(CCC(=O)N2CCCN(C(=O)c3ccc(F)cc3)CC2)ccc1Cl. The van der Waals surface area contributed by atoms with Crippen LogP contribution in [0, 0.1) is 12.7 Å². The second-order valence-electron chi connectivity index (χ2n) is 7.12. The van der Waals surface area contributed by atoms with Gasteiger partial charge in [0.15, 0.2) is 0 Å². The van der Waals surface area contributed by atoms with Crippen molar-refractivity contribution in [3.05, 3.63) is 70.0 Å². The van der Waals surface area contributed by atoms with Crippen molar-refractivity contribution >= 4 is 23.4 Å². The Morgan fingerprint density at radius 2 is 1.68 bits per heavy atom. The Morgan fingerprint density at radius 1 is 1.00 bits per heavy atom. The largest absolute Gasteiger partial charge is 0.341 e. The minimum Gasteiger partial charge on any atom is -0.341 e. The quantitative estimate of drug-likeness (QED) is 0.772. The van der Waals surface area contributed by atoms with Gasteiger partial charge >= 0.3 is 0 Å². The molecule has 1 fully saturated rings. The topological polar surface area (TPSA) is 40.6 Å². The van der Waals surface area contributed by atoms with Gasteiger partial charge in [0.1, 0.15) is 5.82 Å². The van der Waals surface area contributed by atoms with Gasteiger partial charge in [-0.2, -0.15) is 0 Å². The van der Waals surface area contributed by atoms with Crippen molar-refractivity contribution in [3.8, 4) is 0 Å². The van der Waals surface area contributed by atoms with Crippen LogP contribution in [0.3, 0.4) is 0 Å². The number of rotatable bonds is 4. The van der Waals surface area contributed by atoms with Crippen molar-refractivity contribution in [2.24, 2.45) is 0 Å². The Balaban J connectivity index is 1.53. The Morgan fingerprint density at radius 3 is 2.39 bits per heavy atom. The number of aryl methyl sites for hydroxylation is 2. The molecule has 148 valence electrons. The van der Waals surface area contributed by atoms with E-state index in [0.717, 1.165) is 22.6 Å². The molecular formula is C22H24ClFN2O2. The van der Waals surface area contributed by atoms with E-state index >= 15 is 0 Å². The number of carbonyl (C=O) groups is 2. The van der Waals surface area contributed by atoms with E-state index in [1.807, 2.05) is 30.0 Å². The summed E-state index contributed by atoms with van der Waals surface area (Å²) in [5, 5.41) is 0.730. The van der Waals surface area contributed by atoms with Gasteiger partial charge in [0.05, 0.1) is 0 Å². The van der Waals surface area contributed by atoms with E-state index in [-0.39, 0.29) is 17.6 Å². The summed E-state index contributed by atoms with van der Waals surface area (Å²) in [6.45, 7) is 4.20. The standard InChI is InChI=1S/C22H24ClFN2O2/c1-16-15-17(3-9-20(16)23)4-10-21(27)25-11-2-12-26(14-13-25)22(28)18-5-7-19(24)8-6-18/h3,5-9,15H,2,4,10-14H2,1H3. The molecule has 0 saturated carbocycles. The molecular weight excluding hydrogens is 379 g/mol. The van der Waals surface area contributed by atoms with Crippen LogP contribution in [0.4, 0.5) is 4.39 Å². The molecule has 0 aromatic heterocycles. The normalized spacial score (nSPS) is 14.7. The molecule has 3 rings (SSSR count). The number of amides is 2. The van der Waals surface area contributed by atoms with Crippen molar-refractivity contribution in [1.82, 2.24) is 9.80 Å². The van der Waals surface area contributed by atoms with Crippen LogP contribution in [-0.2, 0) is 11.2 Å². The zero-order valence-corrected chi connectivity index (χ0v) is 16.7. The predicted octanol–water partition coefficient (Wildman–Crippen LogP) is 4.09. The Labute approximate surface area is 169 Å². The molecule has 4 nitrogen and oxygen atoms in total. The van der Waals surface area contributed by atoms with Gasteiger partial charge in [-0.15, -0.1) is 0 Å². The summed E-state index contributed by atoms with van der Waals surface area (Å²) in [7, 11) is 0. The second kappa shape index (κ2) is 9.20. The molecule has 0 unspecified atom stereocenters. The molecule has 6 heteroatoms. The van der Waals surface area contributed by atoms with E-state index in [4.69, 9.17) is 11.6 Å². The molecule has 2 aromatic carbocycles. The molecule has 1 saturated heterocycles. The highest BCUT2D eigenvalue weighted by Crippen LogP contribution is 2.18. The number of nitrogens with zero attached hydrogens (tertiary/aromatic N) is 2. The van der Waals surface area contributed by atoms with Crippen molar-refractivity contribution in [1.29, 1.82) is 0 Å². The minimum atomic E-state index is -0.361. The van der Waals surface area contributed by atoms with Gasteiger partial charge in [0.25, 0.3) is 5.91 Å². The summed E-state index contributed by atoms with van der Waals surface area (Å²) in [6.07, 6.45) is 1.84. The molecule has 0 aliphatic carbocycles. The van der Waals surface area contributed by atoms with E-state index in [2.05, 4.69) is 0 Å². The molecule has 0 N–H and O–H groups in total. The van der Waals surface area contributed by atoms with Crippen LogP contribution in [0.15, 0.2) is 42.5 Å². The minimum absolute atomic E-state index is 0.101. The number of halogens is 2. The van der Waals surface area contributed by atoms with E-state index < -0.39 is 0 Å². The Kier molecular flexibility index (Phi) is 6.68. The van der Waals surface area contributed by atoms with Crippen molar-refractivity contribution < 1.29 is 14.0 Å². The maximum atomic E-state index is 13.1. The first-order valence-corrected chi connectivity index (χ1v) is 9.89. The zero-order valence-electron chi connectivity index (χ0n) is 16.0. The van der Waals surface area contributed by atoms with Gasteiger partial charge < -0.3 is 9.80 Å². The third kappa shape index (κ3) is 5.10. The van der Waals surface area contributed by atoms with Crippen LogP contribution in [-0.4, -0.2) is 47.8 Å². The first-order chi connectivity index (χ1) is 13.4. The van der Waals surface area contributed by atoms with Gasteiger partial charge in [-0.1, -0.05) is 23.7 Å². The van der Waals surface area contributed by atoms with Crippen LogP contribution >= 0.6 is 11.6 Å². The molecule has 2 aromatic rings. The van der Waals surface area contributed by atoms with Gasteiger partial charge in [-0.3, -0.25) is 9.59 Å². The van der Waals surface area contributed by atoms with E-state index in [0.29, 0.717) is 44.6 Å². The summed E-state index contributed by atoms with van der Waals surface area (Å²) in [4.78, 5) is 28.8. The molecule has 1 aliphatic heterocycles. The summed E-state index contributed by atoms with van der Waals surface area (Å²) in [6, 6.07) is 11.4. The van der Waals surface area contributed by atoms with Crippen LogP contribution in [0.5, 0.6) is 0 Å². The molecule has 1 heterocycles. The number of hydrogen-bond acceptors (Lipinski definition) is 2. The van der Waals surface area contributed by atoms with E-state index in [9.17, 15) is 14.0 Å². The molecule has 28 heavy (non-hydrogen) atoms. The number of carbonyl (C=O) groups excluding carboxylic acids is 2. The fraction of sp³-hybridized carbons (Fsp3) is 0.364. The predicted molar refractivity (Wildman–Crippen MR) is 108 cm³/mol. The van der Waals surface area contributed by atoms with Gasteiger partial charge in [0, 0.05) is 43.2 Å². The molecule has 0 atom stereocenters. The molecule has 2 amide bonds. The summed E-state index contributed by atoms with van der Waals surface area (Å²) >= 11 is 6.05. The lowest BCUT2D eigenvalue weighted by Crippen LogP contribution is -2.37. The summed E-state index contributed by atoms with van der Waals surface area (Å²) < 4.78 is 13.1. The monoisotopic (exact) mass is 402 g/mol. The van der Waals surface area contributed by atoms with E-state index in [1.165, 1.54) is 24.3 Å². The van der Waals surface area contributed by atoms with Crippen molar-refractivity contribution in [3.63, 3.8) is 0 Å². The van der Waals surface area contributed by atoms with Crippen LogP contribution in [0.2, 0.25) is 5.02 Å². The molecule has 0 radical (unpaired) electrons. The second-order valence-corrected chi connectivity index (χ2v) is 7.52. The summed E-state index contributed by atoms with van der Waals surface area (Å²) in [5.41, 5.74) is 2.58. The van der Waals surface area contributed by atoms with Gasteiger partial charge in [-0.25, -0.2) is 4.39 Å². The maximum Gasteiger partial charge on any atom is 0.253 e. The van der Waals surface area contributed by atoms with Crippen LogP contribution < -0.4 is 0 Å². The highest BCUT2D eigenvalue weighted by atomic mass is 35.5. The van der Waals surface area contributed by atoms with E-state index in [1.54, 1.807) is 4.90 Å². The number of hydrogen-bond donors (Lipinski definition) is 0. The lowest BCUT2D eigenvalue weighted by atomic mass is 10.1. The highest BCUT2D eigenvalue weighted by molar-refractivity contribution is 6.31. The average Bonchev–Trinajstić information content (AvgIpc) is 2.95. The lowest BCUT2D eigenvalue weighted by molar-refractivity contribution is -0.131. The van der Waals surface area contributed by atoms with Crippen molar-refractivity contribution in [2.75, 3.05) is 26.2 Å².